The van der Waals surface area contributed by atoms with E-state index in [1.807, 2.05) is 13.0 Å². The number of hydrogen-bond donors (Lipinski definition) is 2. The average Bonchev–Trinajstić information content (AvgIpc) is 2.95. The molecule has 1 rings (SSSR count). The fraction of sp³-hybridized carbons (Fsp3) is 0.733. The summed E-state index contributed by atoms with van der Waals surface area (Å²) in [4.78, 5) is 14.6. The Hall–Kier alpha value is -1.32. The third-order valence-electron chi connectivity index (χ3n) is 3.18. The van der Waals surface area contributed by atoms with Gasteiger partial charge in [-0.3, -0.25) is 9.79 Å². The van der Waals surface area contributed by atoms with Crippen molar-refractivity contribution in [1.82, 2.24) is 10.6 Å². The lowest BCUT2D eigenvalue weighted by molar-refractivity contribution is -0.108. The van der Waals surface area contributed by atoms with Gasteiger partial charge in [0.1, 0.15) is 5.84 Å². The number of amidine groups is 1. The van der Waals surface area contributed by atoms with Gasteiger partial charge in [-0.2, -0.15) is 0 Å². The third-order valence-corrected chi connectivity index (χ3v) is 3.18. The molecular weight excluding hydrogens is 238 g/mol. The standard InChI is InChI=1S/C11H19N3O.C4H10/c1-3-10(13-8-15)11(12-2)14-9-6-4-5-7-9;1-3-4-2/h3,8-9H,4-7H2,1-2H3,(H,12,14)(H,13,15);3-4H2,1-2H3/b10-3+;. The van der Waals surface area contributed by atoms with Crippen molar-refractivity contribution in [2.24, 2.45) is 4.99 Å². The van der Waals surface area contributed by atoms with Gasteiger partial charge in [-0.25, -0.2) is 0 Å². The summed E-state index contributed by atoms with van der Waals surface area (Å²) in [7, 11) is 1.73. The predicted octanol–water partition coefficient (Wildman–Crippen LogP) is 3.00. The zero-order valence-corrected chi connectivity index (χ0v) is 12.8. The van der Waals surface area contributed by atoms with Crippen LogP contribution >= 0.6 is 0 Å². The summed E-state index contributed by atoms with van der Waals surface area (Å²) in [6, 6.07) is 0.507. The molecule has 0 radical (unpaired) electrons. The number of carbonyl (C=O) groups excluding carboxylic acids is 1. The maximum absolute atomic E-state index is 10.4. The first-order valence-corrected chi connectivity index (χ1v) is 7.33. The number of hydrogen-bond acceptors (Lipinski definition) is 2. The van der Waals surface area contributed by atoms with Crippen molar-refractivity contribution >= 4 is 12.2 Å². The summed E-state index contributed by atoms with van der Waals surface area (Å²) in [5.74, 6) is 0.775. The number of nitrogens with zero attached hydrogens (tertiary/aromatic N) is 1. The molecule has 1 aliphatic rings. The highest BCUT2D eigenvalue weighted by atomic mass is 16.1. The van der Waals surface area contributed by atoms with Crippen molar-refractivity contribution in [1.29, 1.82) is 0 Å². The monoisotopic (exact) mass is 267 g/mol. The van der Waals surface area contributed by atoms with E-state index >= 15 is 0 Å². The van der Waals surface area contributed by atoms with Crippen LogP contribution in [0.2, 0.25) is 0 Å². The Labute approximate surface area is 117 Å². The molecule has 0 bridgehead atoms. The van der Waals surface area contributed by atoms with Crippen LogP contribution in [0.4, 0.5) is 0 Å². The maximum atomic E-state index is 10.4. The first-order chi connectivity index (χ1) is 9.23. The van der Waals surface area contributed by atoms with E-state index in [4.69, 9.17) is 0 Å². The molecule has 0 heterocycles. The van der Waals surface area contributed by atoms with Gasteiger partial charge < -0.3 is 10.6 Å². The number of carbonyl (C=O) groups is 1. The lowest BCUT2D eigenvalue weighted by atomic mass is 10.2. The molecule has 1 amide bonds. The molecule has 1 aliphatic carbocycles. The second-order valence-electron chi connectivity index (χ2n) is 4.66. The van der Waals surface area contributed by atoms with E-state index in [0.717, 1.165) is 11.5 Å². The summed E-state index contributed by atoms with van der Waals surface area (Å²) in [6.07, 6.45) is 10.1. The first-order valence-electron chi connectivity index (χ1n) is 7.33. The molecule has 1 fully saturated rings. The van der Waals surface area contributed by atoms with Crippen molar-refractivity contribution in [3.8, 4) is 0 Å². The zero-order chi connectivity index (χ0) is 14.5. The highest BCUT2D eigenvalue weighted by Crippen LogP contribution is 2.17. The van der Waals surface area contributed by atoms with Crippen LogP contribution in [0.1, 0.15) is 59.3 Å². The van der Waals surface area contributed by atoms with Crippen molar-refractivity contribution in [2.75, 3.05) is 7.05 Å². The number of nitrogens with one attached hydrogen (secondary N) is 2. The Bertz CT molecular complexity index is 290. The number of aliphatic imine (C=N–C) groups is 1. The minimum absolute atomic E-state index is 0.507. The molecule has 2 N–H and O–H groups in total. The lowest BCUT2D eigenvalue weighted by Crippen LogP contribution is -2.37. The summed E-state index contributed by atoms with van der Waals surface area (Å²) >= 11 is 0. The molecule has 4 nitrogen and oxygen atoms in total. The SMILES string of the molecule is C/C=C(/NC=O)C(=NC)NC1CCCC1.CCCC. The van der Waals surface area contributed by atoms with Gasteiger partial charge in [0.05, 0.1) is 5.70 Å². The Morgan fingerprint density at radius 3 is 2.21 bits per heavy atom. The first kappa shape index (κ1) is 17.7. The van der Waals surface area contributed by atoms with E-state index in [2.05, 4.69) is 29.5 Å². The quantitative estimate of drug-likeness (QED) is 0.457. The smallest absolute Gasteiger partial charge is 0.211 e. The Kier molecular flexibility index (Phi) is 10.9. The summed E-state index contributed by atoms with van der Waals surface area (Å²) < 4.78 is 0. The van der Waals surface area contributed by atoms with Crippen molar-refractivity contribution in [3.05, 3.63) is 11.8 Å². The van der Waals surface area contributed by atoms with Gasteiger partial charge in [-0.1, -0.05) is 45.6 Å². The largest absolute Gasteiger partial charge is 0.366 e. The molecule has 19 heavy (non-hydrogen) atoms. The molecule has 0 spiro atoms. The Morgan fingerprint density at radius 1 is 1.26 bits per heavy atom. The molecule has 0 unspecified atom stereocenters. The van der Waals surface area contributed by atoms with Crippen LogP contribution < -0.4 is 10.6 Å². The van der Waals surface area contributed by atoms with E-state index in [1.54, 1.807) is 7.05 Å². The van der Waals surface area contributed by atoms with Crippen LogP contribution in [0.3, 0.4) is 0 Å². The van der Waals surface area contributed by atoms with Crippen molar-refractivity contribution < 1.29 is 4.79 Å². The molecule has 0 saturated heterocycles. The second-order valence-corrected chi connectivity index (χ2v) is 4.66. The van der Waals surface area contributed by atoms with Crippen LogP contribution in [0, 0.1) is 0 Å². The molecule has 0 aromatic rings. The minimum Gasteiger partial charge on any atom is -0.366 e. The van der Waals surface area contributed by atoms with Crippen LogP contribution in [0.15, 0.2) is 16.8 Å². The predicted molar refractivity (Wildman–Crippen MR) is 82.3 cm³/mol. The van der Waals surface area contributed by atoms with Crippen LogP contribution in [-0.4, -0.2) is 25.3 Å². The summed E-state index contributed by atoms with van der Waals surface area (Å²) in [5, 5.41) is 6.01. The number of rotatable bonds is 5. The van der Waals surface area contributed by atoms with Crippen molar-refractivity contribution in [3.63, 3.8) is 0 Å². The highest BCUT2D eigenvalue weighted by Gasteiger charge is 2.17. The van der Waals surface area contributed by atoms with Gasteiger partial charge in [0.2, 0.25) is 6.41 Å². The number of unbranched alkanes of at least 4 members (excludes halogenated alkanes) is 1. The Balaban J connectivity index is 0.000000711. The van der Waals surface area contributed by atoms with Crippen molar-refractivity contribution in [2.45, 2.75) is 65.3 Å². The molecule has 0 atom stereocenters. The summed E-state index contributed by atoms with van der Waals surface area (Å²) in [6.45, 7) is 6.24. The zero-order valence-electron chi connectivity index (χ0n) is 12.8. The molecule has 4 heteroatoms. The van der Waals surface area contributed by atoms with Gasteiger partial charge in [0.15, 0.2) is 0 Å². The third kappa shape index (κ3) is 7.65. The van der Waals surface area contributed by atoms with E-state index in [-0.39, 0.29) is 0 Å². The van der Waals surface area contributed by atoms with E-state index in [9.17, 15) is 4.79 Å². The van der Waals surface area contributed by atoms with Gasteiger partial charge in [0, 0.05) is 13.1 Å². The van der Waals surface area contributed by atoms with Gasteiger partial charge >= 0.3 is 0 Å². The van der Waals surface area contributed by atoms with E-state index in [1.165, 1.54) is 38.5 Å². The topological polar surface area (TPSA) is 53.5 Å². The van der Waals surface area contributed by atoms with Crippen LogP contribution in [-0.2, 0) is 4.79 Å². The fourth-order valence-corrected chi connectivity index (χ4v) is 1.88. The van der Waals surface area contributed by atoms with Gasteiger partial charge in [0.25, 0.3) is 0 Å². The number of amides is 1. The molecule has 0 aromatic heterocycles. The highest BCUT2D eigenvalue weighted by molar-refractivity contribution is 5.99. The molecule has 1 saturated carbocycles. The van der Waals surface area contributed by atoms with E-state index < -0.39 is 0 Å². The second kappa shape index (κ2) is 11.8. The molecule has 0 aliphatic heterocycles. The van der Waals surface area contributed by atoms with Crippen LogP contribution in [0.5, 0.6) is 0 Å². The van der Waals surface area contributed by atoms with Gasteiger partial charge in [-0.15, -0.1) is 0 Å². The van der Waals surface area contributed by atoms with Crippen LogP contribution in [0.25, 0.3) is 0 Å². The normalized spacial score (nSPS) is 16.6. The fourth-order valence-electron chi connectivity index (χ4n) is 1.88. The maximum Gasteiger partial charge on any atom is 0.211 e. The minimum atomic E-state index is 0.507. The molecule has 110 valence electrons. The molecular formula is C15H29N3O. The average molecular weight is 267 g/mol. The number of allylic oxidation sites excluding steroid dienone is 1. The lowest BCUT2D eigenvalue weighted by Gasteiger charge is -2.16. The summed E-state index contributed by atoms with van der Waals surface area (Å²) in [5.41, 5.74) is 0.749. The van der Waals surface area contributed by atoms with E-state index in [0.29, 0.717) is 12.5 Å². The Morgan fingerprint density at radius 2 is 1.84 bits per heavy atom. The van der Waals surface area contributed by atoms with Gasteiger partial charge in [-0.05, 0) is 19.8 Å². The molecule has 0 aromatic carbocycles.